The fraction of sp³-hybridized carbons (Fsp3) is 0.667. The smallest absolute Gasteiger partial charge is 0.191 e. The summed E-state index contributed by atoms with van der Waals surface area (Å²) in [5, 5.41) is 10.7. The summed E-state index contributed by atoms with van der Waals surface area (Å²) in [6, 6.07) is 1.98. The lowest BCUT2D eigenvalue weighted by Gasteiger charge is -2.12. The second-order valence-electron chi connectivity index (χ2n) is 4.42. The summed E-state index contributed by atoms with van der Waals surface area (Å²) in [6.45, 7) is 8.86. The zero-order valence-corrected chi connectivity index (χ0v) is 13.9. The number of nitrogens with zero attached hydrogens (tertiary/aromatic N) is 3. The summed E-state index contributed by atoms with van der Waals surface area (Å²) in [4.78, 5) is 4.52. The average molecular weight is 365 g/mol. The Hall–Kier alpha value is -0.790. The van der Waals surface area contributed by atoms with E-state index in [0.29, 0.717) is 12.5 Å². The van der Waals surface area contributed by atoms with Crippen molar-refractivity contribution in [3.63, 3.8) is 0 Å². The van der Waals surface area contributed by atoms with Crippen LogP contribution in [0.15, 0.2) is 17.3 Å². The third-order valence-electron chi connectivity index (χ3n) is 2.34. The van der Waals surface area contributed by atoms with Crippen molar-refractivity contribution < 1.29 is 0 Å². The standard InChI is InChI=1S/C12H23N5.HI/c1-5-13-12(14-8-10(2)3)15-9-11-6-7-16-17(11)4;/h6-7,10H,5,8-9H2,1-4H3,(H2,13,14,15);1H. The second kappa shape index (κ2) is 9.18. The zero-order chi connectivity index (χ0) is 12.7. The molecule has 0 saturated carbocycles. The van der Waals surface area contributed by atoms with Crippen LogP contribution in [0.3, 0.4) is 0 Å². The first-order valence-corrected chi connectivity index (χ1v) is 6.12. The molecule has 0 aromatic carbocycles. The Morgan fingerprint density at radius 3 is 2.67 bits per heavy atom. The predicted molar refractivity (Wildman–Crippen MR) is 86.3 cm³/mol. The molecule has 0 atom stereocenters. The van der Waals surface area contributed by atoms with E-state index in [2.05, 4.69) is 41.5 Å². The van der Waals surface area contributed by atoms with Gasteiger partial charge in [-0.05, 0) is 18.9 Å². The van der Waals surface area contributed by atoms with Crippen molar-refractivity contribution >= 4 is 29.9 Å². The molecule has 0 bridgehead atoms. The molecule has 6 heteroatoms. The van der Waals surface area contributed by atoms with Gasteiger partial charge in [0.25, 0.3) is 0 Å². The minimum Gasteiger partial charge on any atom is -0.357 e. The minimum atomic E-state index is 0. The van der Waals surface area contributed by atoms with Crippen molar-refractivity contribution in [2.75, 3.05) is 13.1 Å². The lowest BCUT2D eigenvalue weighted by molar-refractivity contribution is 0.614. The fourth-order valence-corrected chi connectivity index (χ4v) is 1.36. The highest BCUT2D eigenvalue weighted by molar-refractivity contribution is 14.0. The number of nitrogens with one attached hydrogen (secondary N) is 2. The molecule has 0 aliphatic carbocycles. The molecule has 0 saturated heterocycles. The van der Waals surface area contributed by atoms with E-state index in [1.807, 2.05) is 17.8 Å². The van der Waals surface area contributed by atoms with E-state index in [1.165, 1.54) is 0 Å². The van der Waals surface area contributed by atoms with Crippen LogP contribution >= 0.6 is 24.0 Å². The van der Waals surface area contributed by atoms with Gasteiger partial charge in [-0.25, -0.2) is 4.99 Å². The minimum absolute atomic E-state index is 0. The Bertz CT molecular complexity index is 359. The lowest BCUT2D eigenvalue weighted by atomic mass is 10.2. The quantitative estimate of drug-likeness (QED) is 0.475. The summed E-state index contributed by atoms with van der Waals surface area (Å²) in [5.74, 6) is 1.47. The molecular weight excluding hydrogens is 341 g/mol. The SMILES string of the molecule is CCNC(=NCc1ccnn1C)NCC(C)C.I. The van der Waals surface area contributed by atoms with Gasteiger partial charge in [-0.3, -0.25) is 4.68 Å². The van der Waals surface area contributed by atoms with Crippen LogP contribution in [0.5, 0.6) is 0 Å². The summed E-state index contributed by atoms with van der Waals surface area (Å²) < 4.78 is 1.84. The maximum atomic E-state index is 4.52. The van der Waals surface area contributed by atoms with E-state index < -0.39 is 0 Å². The molecule has 1 aromatic rings. The first-order chi connectivity index (χ1) is 8.13. The Morgan fingerprint density at radius 2 is 2.17 bits per heavy atom. The van der Waals surface area contributed by atoms with Crippen LogP contribution < -0.4 is 10.6 Å². The average Bonchev–Trinajstić information content (AvgIpc) is 2.68. The molecule has 1 heterocycles. The van der Waals surface area contributed by atoms with Crippen LogP contribution in [0.2, 0.25) is 0 Å². The number of hydrogen-bond acceptors (Lipinski definition) is 2. The van der Waals surface area contributed by atoms with E-state index in [0.717, 1.165) is 24.7 Å². The maximum absolute atomic E-state index is 4.52. The van der Waals surface area contributed by atoms with Crippen molar-refractivity contribution in [1.29, 1.82) is 0 Å². The number of aromatic nitrogens is 2. The molecule has 5 nitrogen and oxygen atoms in total. The van der Waals surface area contributed by atoms with Gasteiger partial charge in [0, 0.05) is 26.3 Å². The Kier molecular flexibility index (Phi) is 8.78. The molecule has 0 unspecified atom stereocenters. The highest BCUT2D eigenvalue weighted by Crippen LogP contribution is 1.98. The number of halogens is 1. The predicted octanol–water partition coefficient (Wildman–Crippen LogP) is 1.75. The molecule has 0 spiro atoms. The number of rotatable bonds is 5. The zero-order valence-electron chi connectivity index (χ0n) is 11.6. The monoisotopic (exact) mass is 365 g/mol. The third kappa shape index (κ3) is 6.23. The fourth-order valence-electron chi connectivity index (χ4n) is 1.36. The topological polar surface area (TPSA) is 54.2 Å². The van der Waals surface area contributed by atoms with Crippen LogP contribution in [0.25, 0.3) is 0 Å². The summed E-state index contributed by atoms with van der Waals surface area (Å²) in [6.07, 6.45) is 1.79. The van der Waals surface area contributed by atoms with E-state index >= 15 is 0 Å². The molecule has 1 rings (SSSR count). The van der Waals surface area contributed by atoms with Gasteiger partial charge < -0.3 is 10.6 Å². The van der Waals surface area contributed by atoms with Crippen molar-refractivity contribution in [3.8, 4) is 0 Å². The van der Waals surface area contributed by atoms with Gasteiger partial charge in [-0.1, -0.05) is 13.8 Å². The molecule has 0 aliphatic heterocycles. The Labute approximate surface area is 126 Å². The van der Waals surface area contributed by atoms with Crippen LogP contribution in [0, 0.1) is 5.92 Å². The van der Waals surface area contributed by atoms with E-state index in [9.17, 15) is 0 Å². The van der Waals surface area contributed by atoms with Gasteiger partial charge in [0.2, 0.25) is 0 Å². The lowest BCUT2D eigenvalue weighted by Crippen LogP contribution is -2.39. The highest BCUT2D eigenvalue weighted by Gasteiger charge is 2.00. The first kappa shape index (κ1) is 17.2. The Morgan fingerprint density at radius 1 is 1.44 bits per heavy atom. The number of hydrogen-bond donors (Lipinski definition) is 2. The van der Waals surface area contributed by atoms with E-state index in [4.69, 9.17) is 0 Å². The summed E-state index contributed by atoms with van der Waals surface area (Å²) >= 11 is 0. The van der Waals surface area contributed by atoms with Crippen LogP contribution in [0.4, 0.5) is 0 Å². The van der Waals surface area contributed by atoms with Gasteiger partial charge in [0.15, 0.2) is 5.96 Å². The number of aryl methyl sites for hydroxylation is 1. The van der Waals surface area contributed by atoms with Gasteiger partial charge in [-0.2, -0.15) is 5.10 Å². The molecule has 0 aliphatic rings. The van der Waals surface area contributed by atoms with Crippen molar-refractivity contribution in [2.45, 2.75) is 27.3 Å². The molecule has 2 N–H and O–H groups in total. The van der Waals surface area contributed by atoms with Gasteiger partial charge in [0.05, 0.1) is 12.2 Å². The number of aliphatic imine (C=N–C) groups is 1. The van der Waals surface area contributed by atoms with Crippen LogP contribution in [0.1, 0.15) is 26.5 Å². The van der Waals surface area contributed by atoms with Crippen molar-refractivity contribution in [3.05, 3.63) is 18.0 Å². The van der Waals surface area contributed by atoms with Crippen LogP contribution in [-0.4, -0.2) is 28.8 Å². The molecular formula is C12H24IN5. The van der Waals surface area contributed by atoms with E-state index in [1.54, 1.807) is 6.20 Å². The molecule has 18 heavy (non-hydrogen) atoms. The summed E-state index contributed by atoms with van der Waals surface area (Å²) in [7, 11) is 1.93. The Balaban J connectivity index is 0.00000289. The molecule has 0 fully saturated rings. The second-order valence-corrected chi connectivity index (χ2v) is 4.42. The van der Waals surface area contributed by atoms with Crippen molar-refractivity contribution in [1.82, 2.24) is 20.4 Å². The molecule has 0 amide bonds. The molecule has 104 valence electrons. The maximum Gasteiger partial charge on any atom is 0.191 e. The molecule has 1 aromatic heterocycles. The summed E-state index contributed by atoms with van der Waals surface area (Å²) in [5.41, 5.74) is 1.10. The first-order valence-electron chi connectivity index (χ1n) is 6.12. The normalized spacial score (nSPS) is 11.3. The molecule has 0 radical (unpaired) electrons. The third-order valence-corrected chi connectivity index (χ3v) is 2.34. The van der Waals surface area contributed by atoms with Crippen molar-refractivity contribution in [2.24, 2.45) is 18.0 Å². The van der Waals surface area contributed by atoms with E-state index in [-0.39, 0.29) is 24.0 Å². The van der Waals surface area contributed by atoms with Gasteiger partial charge >= 0.3 is 0 Å². The largest absolute Gasteiger partial charge is 0.357 e. The van der Waals surface area contributed by atoms with Crippen LogP contribution in [-0.2, 0) is 13.6 Å². The van der Waals surface area contributed by atoms with Gasteiger partial charge in [0.1, 0.15) is 0 Å². The number of guanidine groups is 1. The van der Waals surface area contributed by atoms with Gasteiger partial charge in [-0.15, -0.1) is 24.0 Å². The highest BCUT2D eigenvalue weighted by atomic mass is 127.